The molecule has 0 radical (unpaired) electrons. The molecule has 1 aliphatic carbocycles. The van der Waals surface area contributed by atoms with Gasteiger partial charge >= 0.3 is 0 Å². The van der Waals surface area contributed by atoms with E-state index >= 15 is 0 Å². The van der Waals surface area contributed by atoms with Gasteiger partial charge in [0.25, 0.3) is 5.91 Å². The smallest absolute Gasteiger partial charge is 0.274 e. The Morgan fingerprint density at radius 1 is 1.52 bits per heavy atom. The number of β-amino-alcohol motifs (C(OH)–C–C–N with tert-alkyl or cyclic N) is 1. The Labute approximate surface area is 144 Å². The number of aliphatic hydroxyl groups excluding tert-OH is 1. The lowest BCUT2D eigenvalue weighted by molar-refractivity contribution is -0.124. The van der Waals surface area contributed by atoms with Crippen molar-refractivity contribution in [3.63, 3.8) is 0 Å². The first-order valence-corrected chi connectivity index (χ1v) is 8.37. The number of hydrogen-bond donors (Lipinski definition) is 3. The molecule has 0 bridgehead atoms. The van der Waals surface area contributed by atoms with E-state index < -0.39 is 18.0 Å². The first kappa shape index (κ1) is 17.8. The summed E-state index contributed by atoms with van der Waals surface area (Å²) in [6.07, 6.45) is 1.95. The Morgan fingerprint density at radius 2 is 2.28 bits per heavy atom. The van der Waals surface area contributed by atoms with Gasteiger partial charge in [0.2, 0.25) is 11.9 Å². The predicted octanol–water partition coefficient (Wildman–Crippen LogP) is 0.0571. The molecule has 1 aromatic rings. The number of aromatic amines is 1. The molecule has 2 unspecified atom stereocenters. The zero-order valence-electron chi connectivity index (χ0n) is 14.1. The number of aliphatic hydroxyl groups is 1. The highest BCUT2D eigenvalue weighted by Gasteiger charge is 2.44. The first-order chi connectivity index (χ1) is 11.9. The van der Waals surface area contributed by atoms with Crippen molar-refractivity contribution in [2.75, 3.05) is 26.8 Å². The molecule has 2 amide bonds. The Hall–Kier alpha value is -2.00. The maximum atomic E-state index is 13.0. The van der Waals surface area contributed by atoms with E-state index in [9.17, 15) is 19.1 Å². The third-order valence-corrected chi connectivity index (χ3v) is 4.79. The van der Waals surface area contributed by atoms with Crippen LogP contribution in [0.3, 0.4) is 0 Å². The standard InChI is InChI=1S/C16H23FN4O4/c1-25-9-16(2-3-16)6-14(23)18-10-4-11(22)8-21(7-10)15(24)12-5-13(17)20-19-12/h5,10-11,22H,2-4,6-9H2,1H3,(H,18,23)(H,19,20). The number of likely N-dealkylation sites (tertiary alicyclic amines) is 1. The van der Waals surface area contributed by atoms with Gasteiger partial charge in [0, 0.05) is 44.1 Å². The number of amides is 2. The van der Waals surface area contributed by atoms with Crippen molar-refractivity contribution in [1.82, 2.24) is 20.4 Å². The molecular formula is C16H23FN4O4. The largest absolute Gasteiger partial charge is 0.391 e. The zero-order valence-corrected chi connectivity index (χ0v) is 14.1. The molecular weight excluding hydrogens is 331 g/mol. The third-order valence-electron chi connectivity index (χ3n) is 4.79. The molecule has 2 atom stereocenters. The number of nitrogens with one attached hydrogen (secondary N) is 2. The van der Waals surface area contributed by atoms with E-state index in [-0.39, 0.29) is 36.1 Å². The second kappa shape index (κ2) is 7.09. The zero-order chi connectivity index (χ0) is 18.0. The molecule has 3 rings (SSSR count). The third kappa shape index (κ3) is 4.35. The Kier molecular flexibility index (Phi) is 5.05. The normalized spacial score (nSPS) is 24.8. The second-order valence-electron chi connectivity index (χ2n) is 7.08. The molecule has 2 aliphatic rings. The molecule has 3 N–H and O–H groups in total. The van der Waals surface area contributed by atoms with Crippen LogP contribution in [0.25, 0.3) is 0 Å². The van der Waals surface area contributed by atoms with Crippen LogP contribution in [0.1, 0.15) is 36.2 Å². The fourth-order valence-electron chi connectivity index (χ4n) is 3.39. The highest BCUT2D eigenvalue weighted by Crippen LogP contribution is 2.48. The number of rotatable bonds is 6. The van der Waals surface area contributed by atoms with Crippen molar-refractivity contribution in [1.29, 1.82) is 0 Å². The number of H-pyrrole nitrogens is 1. The van der Waals surface area contributed by atoms with Gasteiger partial charge in [-0.15, -0.1) is 0 Å². The number of methoxy groups -OCH3 is 1. The van der Waals surface area contributed by atoms with E-state index in [4.69, 9.17) is 4.74 Å². The number of ether oxygens (including phenoxy) is 1. The van der Waals surface area contributed by atoms with E-state index in [2.05, 4.69) is 15.5 Å². The number of nitrogens with zero attached hydrogens (tertiary/aromatic N) is 2. The summed E-state index contributed by atoms with van der Waals surface area (Å²) in [6, 6.07) is 0.667. The van der Waals surface area contributed by atoms with Crippen LogP contribution < -0.4 is 5.32 Å². The molecule has 9 heteroatoms. The number of piperidine rings is 1. The molecule has 0 aromatic carbocycles. The average molecular weight is 354 g/mol. The molecule has 138 valence electrons. The maximum Gasteiger partial charge on any atom is 0.274 e. The van der Waals surface area contributed by atoms with Gasteiger partial charge < -0.3 is 20.1 Å². The van der Waals surface area contributed by atoms with Crippen molar-refractivity contribution in [2.24, 2.45) is 5.41 Å². The summed E-state index contributed by atoms with van der Waals surface area (Å²) < 4.78 is 18.2. The Balaban J connectivity index is 1.57. The number of carbonyl (C=O) groups excluding carboxylic acids is 2. The van der Waals surface area contributed by atoms with E-state index in [1.54, 1.807) is 7.11 Å². The van der Waals surface area contributed by atoms with Crippen molar-refractivity contribution in [3.05, 3.63) is 17.7 Å². The summed E-state index contributed by atoms with van der Waals surface area (Å²) in [6.45, 7) is 0.948. The summed E-state index contributed by atoms with van der Waals surface area (Å²) >= 11 is 0. The van der Waals surface area contributed by atoms with Crippen LogP contribution >= 0.6 is 0 Å². The van der Waals surface area contributed by atoms with Crippen LogP contribution in [0, 0.1) is 11.4 Å². The van der Waals surface area contributed by atoms with Crippen LogP contribution in [-0.2, 0) is 9.53 Å². The first-order valence-electron chi connectivity index (χ1n) is 8.37. The molecule has 2 heterocycles. The molecule has 2 fully saturated rings. The lowest BCUT2D eigenvalue weighted by atomic mass is 10.00. The van der Waals surface area contributed by atoms with Crippen LogP contribution in [0.4, 0.5) is 4.39 Å². The van der Waals surface area contributed by atoms with E-state index in [1.165, 1.54) is 4.90 Å². The minimum Gasteiger partial charge on any atom is -0.391 e. The molecule has 1 saturated heterocycles. The monoisotopic (exact) mass is 354 g/mol. The lowest BCUT2D eigenvalue weighted by Gasteiger charge is -2.35. The summed E-state index contributed by atoms with van der Waals surface area (Å²) in [5, 5.41) is 18.6. The summed E-state index contributed by atoms with van der Waals surface area (Å²) in [5.41, 5.74) is -0.109. The fraction of sp³-hybridized carbons (Fsp3) is 0.688. The Bertz CT molecular complexity index is 646. The molecule has 1 aliphatic heterocycles. The second-order valence-corrected chi connectivity index (χ2v) is 7.08. The van der Waals surface area contributed by atoms with Crippen molar-refractivity contribution in [3.8, 4) is 0 Å². The Morgan fingerprint density at radius 3 is 2.88 bits per heavy atom. The van der Waals surface area contributed by atoms with Crippen LogP contribution in [-0.4, -0.2) is 71.0 Å². The summed E-state index contributed by atoms with van der Waals surface area (Å²) in [5.74, 6) is -1.28. The predicted molar refractivity (Wildman–Crippen MR) is 85.2 cm³/mol. The van der Waals surface area contributed by atoms with Crippen LogP contribution in [0.15, 0.2) is 6.07 Å². The van der Waals surface area contributed by atoms with Crippen molar-refractivity contribution in [2.45, 2.75) is 37.8 Å². The lowest BCUT2D eigenvalue weighted by Crippen LogP contribution is -2.54. The number of halogens is 1. The SMILES string of the molecule is COCC1(CC(=O)NC2CC(O)CN(C(=O)c3cc(F)[nH]n3)C2)CC1. The van der Waals surface area contributed by atoms with E-state index in [0.717, 1.165) is 18.9 Å². The fourth-order valence-corrected chi connectivity index (χ4v) is 3.39. The van der Waals surface area contributed by atoms with Crippen LogP contribution in [0.5, 0.6) is 0 Å². The van der Waals surface area contributed by atoms with Gasteiger partial charge in [0.1, 0.15) is 0 Å². The van der Waals surface area contributed by atoms with Gasteiger partial charge in [-0.05, 0) is 19.3 Å². The summed E-state index contributed by atoms with van der Waals surface area (Å²) in [7, 11) is 1.62. The van der Waals surface area contributed by atoms with E-state index in [0.29, 0.717) is 19.4 Å². The number of hydrogen-bond acceptors (Lipinski definition) is 5. The molecule has 8 nitrogen and oxygen atoms in total. The highest BCUT2D eigenvalue weighted by atomic mass is 19.1. The van der Waals surface area contributed by atoms with Gasteiger partial charge in [-0.25, -0.2) is 0 Å². The van der Waals surface area contributed by atoms with Gasteiger partial charge in [-0.1, -0.05) is 0 Å². The topological polar surface area (TPSA) is 108 Å². The van der Waals surface area contributed by atoms with Gasteiger partial charge in [-0.2, -0.15) is 9.49 Å². The summed E-state index contributed by atoms with van der Waals surface area (Å²) in [4.78, 5) is 26.0. The quantitative estimate of drug-likeness (QED) is 0.669. The molecule has 1 aromatic heterocycles. The minimum atomic E-state index is -0.749. The van der Waals surface area contributed by atoms with Gasteiger partial charge in [0.05, 0.1) is 12.7 Å². The maximum absolute atomic E-state index is 13.0. The van der Waals surface area contributed by atoms with Crippen molar-refractivity contribution >= 4 is 11.8 Å². The number of aromatic nitrogens is 2. The highest BCUT2D eigenvalue weighted by molar-refractivity contribution is 5.92. The van der Waals surface area contributed by atoms with Crippen LogP contribution in [0.2, 0.25) is 0 Å². The molecule has 0 spiro atoms. The number of carbonyl (C=O) groups is 2. The minimum absolute atomic E-state index is 0.0475. The van der Waals surface area contributed by atoms with Gasteiger partial charge in [-0.3, -0.25) is 14.7 Å². The molecule has 1 saturated carbocycles. The van der Waals surface area contributed by atoms with E-state index in [1.807, 2.05) is 0 Å². The molecule has 25 heavy (non-hydrogen) atoms. The van der Waals surface area contributed by atoms with Crippen molar-refractivity contribution < 1.29 is 23.8 Å². The average Bonchev–Trinajstić information content (AvgIpc) is 3.14. The van der Waals surface area contributed by atoms with Gasteiger partial charge in [0.15, 0.2) is 5.69 Å².